The number of halogens is 1. The van der Waals surface area contributed by atoms with Crippen LogP contribution >= 0.6 is 11.6 Å². The van der Waals surface area contributed by atoms with E-state index in [1.807, 2.05) is 25.7 Å². The molecule has 20 heavy (non-hydrogen) atoms. The van der Waals surface area contributed by atoms with Gasteiger partial charge in [0.1, 0.15) is 6.29 Å². The van der Waals surface area contributed by atoms with Crippen LogP contribution < -0.4 is 0 Å². The smallest absolute Gasteiger partial charge is 0.469 e. The van der Waals surface area contributed by atoms with E-state index in [1.54, 1.807) is 25.7 Å². The summed E-state index contributed by atoms with van der Waals surface area (Å²) in [7, 11) is 1.37. The van der Waals surface area contributed by atoms with Crippen molar-refractivity contribution in [3.63, 3.8) is 0 Å². The second-order valence-corrected chi connectivity index (χ2v) is 3.90. The van der Waals surface area contributed by atoms with E-state index >= 15 is 0 Å². The van der Waals surface area contributed by atoms with E-state index in [2.05, 4.69) is 4.74 Å². The topological polar surface area (TPSA) is 43.4 Å². The van der Waals surface area contributed by atoms with Crippen molar-refractivity contribution in [3.05, 3.63) is 74.3 Å². The van der Waals surface area contributed by atoms with Crippen LogP contribution in [0, 0.1) is 63.2 Å². The van der Waals surface area contributed by atoms with Crippen molar-refractivity contribution in [2.45, 2.75) is 0 Å². The van der Waals surface area contributed by atoms with Crippen LogP contribution in [0.4, 0.5) is 0 Å². The minimum Gasteiger partial charge on any atom is -0.469 e. The fourth-order valence-corrected chi connectivity index (χ4v) is 1.49. The van der Waals surface area contributed by atoms with Crippen molar-refractivity contribution in [1.29, 1.82) is 0 Å². The molecule has 0 bridgehead atoms. The molecule has 0 N–H and O–H groups in total. The summed E-state index contributed by atoms with van der Waals surface area (Å²) in [5.41, 5.74) is 0. The first-order valence-electron chi connectivity index (χ1n) is 5.52. The molecule has 0 spiro atoms. The van der Waals surface area contributed by atoms with E-state index in [9.17, 15) is 9.59 Å². The van der Waals surface area contributed by atoms with Crippen molar-refractivity contribution in [3.8, 4) is 0 Å². The van der Waals surface area contributed by atoms with E-state index in [-0.39, 0.29) is 23.0 Å². The number of hydrogen-bond donors (Lipinski definition) is 0. The first kappa shape index (κ1) is 19.7. The van der Waals surface area contributed by atoms with Gasteiger partial charge in [-0.25, -0.2) is 0 Å². The van der Waals surface area contributed by atoms with Gasteiger partial charge in [0.15, 0.2) is 0 Å². The number of rotatable bonds is 3. The Morgan fingerprint density at radius 1 is 1.05 bits per heavy atom. The predicted octanol–water partition coefficient (Wildman–Crippen LogP) is 2.28. The maximum atomic E-state index is 10.7. The Kier molecular flexibility index (Phi) is 11.2. The van der Waals surface area contributed by atoms with Crippen LogP contribution in [-0.4, -0.2) is 19.4 Å². The van der Waals surface area contributed by atoms with Gasteiger partial charge in [0.05, 0.1) is 13.0 Å². The zero-order valence-corrected chi connectivity index (χ0v) is 12.6. The molecule has 2 saturated carbocycles. The van der Waals surface area contributed by atoms with Crippen LogP contribution in [0.15, 0.2) is 11.1 Å². The van der Waals surface area contributed by atoms with Gasteiger partial charge in [-0.1, -0.05) is 11.6 Å². The van der Waals surface area contributed by atoms with E-state index in [0.29, 0.717) is 17.2 Å². The molecule has 10 radical (unpaired) electrons. The number of allylic oxidation sites excluding steroid dienone is 2. The number of carbonyl (C=O) groups excluding carboxylic acids is 2. The molecule has 0 aromatic heterocycles. The van der Waals surface area contributed by atoms with Crippen LogP contribution in [0.1, 0.15) is 0 Å². The van der Waals surface area contributed by atoms with E-state index in [1.165, 1.54) is 13.2 Å². The predicted molar refractivity (Wildman–Crippen MR) is 72.9 cm³/mol. The second kappa shape index (κ2) is 11.4. The van der Waals surface area contributed by atoms with Crippen LogP contribution in [0.25, 0.3) is 0 Å². The molecule has 0 aliphatic heterocycles. The summed E-state index contributed by atoms with van der Waals surface area (Å²) in [5.74, 6) is 1.21. The van der Waals surface area contributed by atoms with Gasteiger partial charge in [0, 0.05) is 11.0 Å². The first-order valence-corrected chi connectivity index (χ1v) is 5.90. The minimum absolute atomic E-state index is 0. The van der Waals surface area contributed by atoms with E-state index < -0.39 is 0 Å². The van der Waals surface area contributed by atoms with Gasteiger partial charge >= 0.3 is 23.0 Å². The fourth-order valence-electron chi connectivity index (χ4n) is 1.32. The third-order valence-electron chi connectivity index (χ3n) is 2.24. The zero-order chi connectivity index (χ0) is 14.1. The normalized spacial score (nSPS) is 19.8. The number of esters is 1. The Balaban J connectivity index is 0.000000345. The molecule has 0 amide bonds. The third kappa shape index (κ3) is 6.92. The molecule has 0 atom stereocenters. The quantitative estimate of drug-likeness (QED) is 0.345. The fraction of sp³-hybridized carbons (Fsp3) is 0.0667. The van der Waals surface area contributed by atoms with Gasteiger partial charge in [-0.15, -0.1) is 0 Å². The molecule has 2 aliphatic carbocycles. The Hall–Kier alpha value is -0.311. The molecule has 0 heterocycles. The number of ether oxygens (including phenoxy) is 1. The SMILES string of the molecule is COC(=O)[C]1[CH][CH][CH][CH]1.O=C/C=C(\Cl)[C]1[CH][CH][CH][CH]1.[Fe+2]. The van der Waals surface area contributed by atoms with Crippen LogP contribution in [0.5, 0.6) is 0 Å². The van der Waals surface area contributed by atoms with Crippen LogP contribution in [0.3, 0.4) is 0 Å². The Labute approximate surface area is 136 Å². The monoisotopic (exact) mass is 332 g/mol. The van der Waals surface area contributed by atoms with Crippen LogP contribution in [-0.2, 0) is 31.4 Å². The third-order valence-corrected chi connectivity index (χ3v) is 2.58. The van der Waals surface area contributed by atoms with Crippen LogP contribution in [0.2, 0.25) is 0 Å². The first-order chi connectivity index (χ1) is 9.19. The van der Waals surface area contributed by atoms with Gasteiger partial charge in [0.2, 0.25) is 0 Å². The summed E-state index contributed by atoms with van der Waals surface area (Å²) in [4.78, 5) is 20.6. The molecule has 5 heteroatoms. The molecule has 0 saturated heterocycles. The van der Waals surface area contributed by atoms with Crippen molar-refractivity contribution >= 4 is 23.9 Å². The summed E-state index contributed by atoms with van der Waals surface area (Å²) in [6, 6.07) is 0. The van der Waals surface area contributed by atoms with Gasteiger partial charge in [-0.05, 0) is 57.4 Å². The maximum Gasteiger partial charge on any atom is 2.00 e. The summed E-state index contributed by atoms with van der Waals surface area (Å²) < 4.78 is 4.46. The molecule has 2 fully saturated rings. The van der Waals surface area contributed by atoms with E-state index in [4.69, 9.17) is 11.6 Å². The molecule has 104 valence electrons. The van der Waals surface area contributed by atoms with Gasteiger partial charge in [-0.3, -0.25) is 9.59 Å². The van der Waals surface area contributed by atoms with Crippen molar-refractivity contribution in [2.24, 2.45) is 0 Å². The minimum atomic E-state index is -0.278. The van der Waals surface area contributed by atoms with Crippen molar-refractivity contribution < 1.29 is 31.4 Å². The zero-order valence-electron chi connectivity index (χ0n) is 10.7. The van der Waals surface area contributed by atoms with E-state index in [0.717, 1.165) is 5.92 Å². The molecular weight excluding hydrogens is 319 g/mol. The van der Waals surface area contributed by atoms with Gasteiger partial charge in [-0.2, -0.15) is 0 Å². The molecule has 0 aromatic rings. The molecule has 2 aliphatic rings. The Morgan fingerprint density at radius 3 is 1.90 bits per heavy atom. The second-order valence-electron chi connectivity index (χ2n) is 3.49. The molecule has 0 aromatic carbocycles. The largest absolute Gasteiger partial charge is 2.00 e. The maximum absolute atomic E-state index is 10.7. The molecular formula is C15H13ClFeO3+2. The van der Waals surface area contributed by atoms with Gasteiger partial charge < -0.3 is 4.74 Å². The van der Waals surface area contributed by atoms with Crippen molar-refractivity contribution in [1.82, 2.24) is 0 Å². The van der Waals surface area contributed by atoms with Gasteiger partial charge in [0.25, 0.3) is 0 Å². The Bertz CT molecular complexity index is 319. The molecule has 0 unspecified atom stereocenters. The number of carbonyl (C=O) groups is 2. The Morgan fingerprint density at radius 2 is 1.50 bits per heavy atom. The average molecular weight is 333 g/mol. The average Bonchev–Trinajstić information content (AvgIpc) is 3.11. The number of hydrogen-bond acceptors (Lipinski definition) is 3. The van der Waals surface area contributed by atoms with Crippen molar-refractivity contribution in [2.75, 3.05) is 7.11 Å². The molecule has 2 rings (SSSR count). The summed E-state index contributed by atoms with van der Waals surface area (Å²) in [5, 5.41) is 0.486. The molecule has 3 nitrogen and oxygen atoms in total. The summed E-state index contributed by atoms with van der Waals surface area (Å²) in [6.07, 6.45) is 16.5. The number of methoxy groups -OCH3 is 1. The summed E-state index contributed by atoms with van der Waals surface area (Å²) >= 11 is 5.68. The summed E-state index contributed by atoms with van der Waals surface area (Å²) in [6.45, 7) is 0. The number of aldehydes is 1. The standard InChI is InChI=1S/C8H6ClO.C7H7O2.Fe/c9-8(5-6-10)7-3-1-2-4-7;1-9-7(8)6-4-2-3-5-6;/h1-6H;2-5H,1H3;/q;;+2/b8-5-;;.